The molecule has 1 heterocycles. The van der Waals surface area contributed by atoms with E-state index in [-0.39, 0.29) is 12.5 Å². The first-order valence-corrected chi connectivity index (χ1v) is 6.35. The maximum atomic E-state index is 10.4. The zero-order valence-corrected chi connectivity index (χ0v) is 10.8. The van der Waals surface area contributed by atoms with Gasteiger partial charge in [-0.15, -0.1) is 11.3 Å². The molecule has 0 aliphatic carbocycles. The number of hydrogen-bond donors (Lipinski definition) is 2. The molecule has 0 bridgehead atoms. The highest BCUT2D eigenvalue weighted by Gasteiger charge is 2.11. The zero-order chi connectivity index (χ0) is 12.1. The predicted octanol–water partition coefficient (Wildman–Crippen LogP) is 2.96. The van der Waals surface area contributed by atoms with E-state index in [1.165, 1.54) is 9.75 Å². The number of aryl methyl sites for hydroxylation is 1. The van der Waals surface area contributed by atoms with E-state index in [1.807, 2.05) is 6.92 Å². The molecule has 0 saturated heterocycles. The van der Waals surface area contributed by atoms with Crippen LogP contribution in [0, 0.1) is 6.92 Å². The lowest BCUT2D eigenvalue weighted by molar-refractivity contribution is -0.137. The second-order valence-electron chi connectivity index (χ2n) is 4.17. The largest absolute Gasteiger partial charge is 0.481 e. The summed E-state index contributed by atoms with van der Waals surface area (Å²) in [4.78, 5) is 13.0. The summed E-state index contributed by atoms with van der Waals surface area (Å²) in [6.45, 7) is 6.23. The van der Waals surface area contributed by atoms with Crippen LogP contribution in [-0.2, 0) is 4.79 Å². The molecule has 2 unspecified atom stereocenters. The van der Waals surface area contributed by atoms with Gasteiger partial charge in [0.2, 0.25) is 0 Å². The highest BCUT2D eigenvalue weighted by Crippen LogP contribution is 2.22. The number of nitrogens with one attached hydrogen (secondary N) is 1. The average molecular weight is 241 g/mol. The molecule has 0 amide bonds. The molecule has 1 aromatic heterocycles. The van der Waals surface area contributed by atoms with Gasteiger partial charge in [0.15, 0.2) is 0 Å². The minimum Gasteiger partial charge on any atom is -0.481 e. The van der Waals surface area contributed by atoms with Crippen LogP contribution in [0.2, 0.25) is 0 Å². The van der Waals surface area contributed by atoms with Gasteiger partial charge in [-0.1, -0.05) is 0 Å². The minimum atomic E-state index is -0.728. The van der Waals surface area contributed by atoms with Crippen molar-refractivity contribution in [3.05, 3.63) is 21.9 Å². The van der Waals surface area contributed by atoms with Crippen LogP contribution in [0.3, 0.4) is 0 Å². The van der Waals surface area contributed by atoms with E-state index >= 15 is 0 Å². The Labute approximate surface area is 100 Å². The van der Waals surface area contributed by atoms with Gasteiger partial charge in [-0.3, -0.25) is 4.79 Å². The van der Waals surface area contributed by atoms with Crippen molar-refractivity contribution in [2.24, 2.45) is 0 Å². The van der Waals surface area contributed by atoms with Crippen molar-refractivity contribution in [1.82, 2.24) is 5.32 Å². The fourth-order valence-corrected chi connectivity index (χ4v) is 2.51. The molecular formula is C12H19NO2S. The minimum absolute atomic E-state index is 0.227. The van der Waals surface area contributed by atoms with Crippen LogP contribution in [0.1, 0.15) is 42.5 Å². The molecule has 1 rings (SSSR count). The van der Waals surface area contributed by atoms with Crippen molar-refractivity contribution in [1.29, 1.82) is 0 Å². The number of hydrogen-bond acceptors (Lipinski definition) is 3. The Kier molecular flexibility index (Phi) is 4.96. The van der Waals surface area contributed by atoms with Crippen molar-refractivity contribution in [2.75, 3.05) is 0 Å². The Morgan fingerprint density at radius 3 is 2.69 bits per heavy atom. The molecule has 0 aromatic carbocycles. The second-order valence-corrected chi connectivity index (χ2v) is 5.49. The molecule has 0 aliphatic rings. The van der Waals surface area contributed by atoms with Crippen LogP contribution in [0.4, 0.5) is 0 Å². The number of carbonyl (C=O) groups is 1. The highest BCUT2D eigenvalue weighted by molar-refractivity contribution is 7.12. The van der Waals surface area contributed by atoms with E-state index in [1.54, 1.807) is 11.3 Å². The normalized spacial score (nSPS) is 14.7. The standard InChI is InChI=1S/C12H19NO2S/c1-8(4-7-12(14)15)13-10(3)11-6-5-9(2)16-11/h5-6,8,10,13H,4,7H2,1-3H3,(H,14,15). The monoisotopic (exact) mass is 241 g/mol. The Morgan fingerprint density at radius 2 is 2.19 bits per heavy atom. The number of rotatable bonds is 6. The first-order valence-electron chi connectivity index (χ1n) is 5.53. The Morgan fingerprint density at radius 1 is 1.50 bits per heavy atom. The molecule has 2 atom stereocenters. The van der Waals surface area contributed by atoms with E-state index in [0.717, 1.165) is 0 Å². The molecule has 0 aliphatic heterocycles. The lowest BCUT2D eigenvalue weighted by Gasteiger charge is -2.18. The van der Waals surface area contributed by atoms with Gasteiger partial charge in [0.1, 0.15) is 0 Å². The summed E-state index contributed by atoms with van der Waals surface area (Å²) in [5, 5.41) is 12.0. The first-order chi connectivity index (χ1) is 7.49. The van der Waals surface area contributed by atoms with Gasteiger partial charge < -0.3 is 10.4 Å². The lowest BCUT2D eigenvalue weighted by atomic mass is 10.1. The molecule has 0 spiro atoms. The van der Waals surface area contributed by atoms with Gasteiger partial charge in [0.25, 0.3) is 0 Å². The van der Waals surface area contributed by atoms with Crippen LogP contribution in [0.25, 0.3) is 0 Å². The average Bonchev–Trinajstić information content (AvgIpc) is 2.62. The van der Waals surface area contributed by atoms with Gasteiger partial charge in [-0.05, 0) is 39.3 Å². The Bertz CT molecular complexity index is 349. The van der Waals surface area contributed by atoms with Gasteiger partial charge in [0.05, 0.1) is 0 Å². The van der Waals surface area contributed by atoms with Gasteiger partial charge in [-0.2, -0.15) is 0 Å². The summed E-state index contributed by atoms with van der Waals surface area (Å²) in [7, 11) is 0. The Balaban J connectivity index is 2.39. The van der Waals surface area contributed by atoms with Crippen molar-refractivity contribution in [3.8, 4) is 0 Å². The number of aliphatic carboxylic acids is 1. The molecule has 0 fully saturated rings. The third kappa shape index (κ3) is 4.33. The number of carboxylic acids is 1. The molecule has 4 heteroatoms. The fraction of sp³-hybridized carbons (Fsp3) is 0.583. The number of carboxylic acid groups (broad SMARTS) is 1. The van der Waals surface area contributed by atoms with Crippen molar-refractivity contribution in [3.63, 3.8) is 0 Å². The first kappa shape index (κ1) is 13.2. The molecule has 0 radical (unpaired) electrons. The second kappa shape index (κ2) is 6.01. The molecule has 3 nitrogen and oxygen atoms in total. The maximum absolute atomic E-state index is 10.4. The summed E-state index contributed by atoms with van der Waals surface area (Å²) < 4.78 is 0. The highest BCUT2D eigenvalue weighted by atomic mass is 32.1. The quantitative estimate of drug-likeness (QED) is 0.805. The van der Waals surface area contributed by atoms with Crippen LogP contribution in [-0.4, -0.2) is 17.1 Å². The molecule has 0 saturated carbocycles. The maximum Gasteiger partial charge on any atom is 0.303 e. The van der Waals surface area contributed by atoms with E-state index < -0.39 is 5.97 Å². The smallest absolute Gasteiger partial charge is 0.303 e. The van der Waals surface area contributed by atoms with Crippen LogP contribution >= 0.6 is 11.3 Å². The summed E-state index contributed by atoms with van der Waals surface area (Å²) in [5.74, 6) is -0.728. The van der Waals surface area contributed by atoms with E-state index in [0.29, 0.717) is 12.5 Å². The molecule has 90 valence electrons. The van der Waals surface area contributed by atoms with Crippen molar-refractivity contribution in [2.45, 2.75) is 45.7 Å². The van der Waals surface area contributed by atoms with E-state index in [2.05, 4.69) is 31.3 Å². The summed E-state index contributed by atoms with van der Waals surface area (Å²) in [5.41, 5.74) is 0. The van der Waals surface area contributed by atoms with E-state index in [4.69, 9.17) is 5.11 Å². The third-order valence-corrected chi connectivity index (χ3v) is 3.70. The van der Waals surface area contributed by atoms with Crippen LogP contribution in [0.5, 0.6) is 0 Å². The summed E-state index contributed by atoms with van der Waals surface area (Å²) >= 11 is 1.78. The SMILES string of the molecule is Cc1ccc(C(C)NC(C)CCC(=O)O)s1. The molecule has 1 aromatic rings. The van der Waals surface area contributed by atoms with E-state index in [9.17, 15) is 4.79 Å². The fourth-order valence-electron chi connectivity index (χ4n) is 1.62. The van der Waals surface area contributed by atoms with Crippen molar-refractivity contribution >= 4 is 17.3 Å². The molecule has 16 heavy (non-hydrogen) atoms. The van der Waals surface area contributed by atoms with Gasteiger partial charge in [-0.25, -0.2) is 0 Å². The van der Waals surface area contributed by atoms with Gasteiger partial charge in [0, 0.05) is 28.3 Å². The Hall–Kier alpha value is -0.870. The van der Waals surface area contributed by atoms with Crippen LogP contribution in [0.15, 0.2) is 12.1 Å². The van der Waals surface area contributed by atoms with Crippen molar-refractivity contribution < 1.29 is 9.90 Å². The summed E-state index contributed by atoms with van der Waals surface area (Å²) in [6.07, 6.45) is 0.897. The number of thiophene rings is 1. The zero-order valence-electron chi connectivity index (χ0n) is 9.99. The lowest BCUT2D eigenvalue weighted by Crippen LogP contribution is -2.29. The topological polar surface area (TPSA) is 49.3 Å². The molecular weight excluding hydrogens is 222 g/mol. The molecule has 2 N–H and O–H groups in total. The predicted molar refractivity (Wildman–Crippen MR) is 66.9 cm³/mol. The summed E-state index contributed by atoms with van der Waals surface area (Å²) in [6, 6.07) is 4.76. The third-order valence-electron chi connectivity index (χ3n) is 2.51. The van der Waals surface area contributed by atoms with Crippen LogP contribution < -0.4 is 5.32 Å². The van der Waals surface area contributed by atoms with Gasteiger partial charge >= 0.3 is 5.97 Å².